The Bertz CT molecular complexity index is 536. The Labute approximate surface area is 112 Å². The summed E-state index contributed by atoms with van der Waals surface area (Å²) in [5.74, 6) is 1.51. The highest BCUT2D eigenvalue weighted by Crippen LogP contribution is 2.27. The van der Waals surface area contributed by atoms with Gasteiger partial charge in [0.2, 0.25) is 5.91 Å². The molecule has 1 aliphatic rings. The lowest BCUT2D eigenvalue weighted by Crippen LogP contribution is -2.38. The van der Waals surface area contributed by atoms with E-state index < -0.39 is 0 Å². The minimum atomic E-state index is 0.226. The number of H-pyrrole nitrogens is 1. The van der Waals surface area contributed by atoms with Crippen LogP contribution >= 0.6 is 0 Å². The molecule has 1 aromatic heterocycles. The van der Waals surface area contributed by atoms with Gasteiger partial charge >= 0.3 is 0 Å². The fourth-order valence-electron chi connectivity index (χ4n) is 2.63. The smallest absolute Gasteiger partial charge is 0.223 e. The summed E-state index contributed by atoms with van der Waals surface area (Å²) in [6, 6.07) is 10.4. The second-order valence-electron chi connectivity index (χ2n) is 4.96. The summed E-state index contributed by atoms with van der Waals surface area (Å²) in [6.45, 7) is 1.36. The number of piperidine rings is 1. The number of hydrogen-bond donors (Lipinski definition) is 1. The van der Waals surface area contributed by atoms with Crippen LogP contribution in [0.3, 0.4) is 0 Å². The molecule has 3 rings (SSSR count). The van der Waals surface area contributed by atoms with Gasteiger partial charge in [0, 0.05) is 31.3 Å². The van der Waals surface area contributed by atoms with E-state index in [2.05, 4.69) is 34.2 Å². The Balaban J connectivity index is 1.72. The predicted molar refractivity (Wildman–Crippen MR) is 72.4 cm³/mol. The van der Waals surface area contributed by atoms with Gasteiger partial charge in [-0.3, -0.25) is 4.79 Å². The molecule has 1 unspecified atom stereocenters. The van der Waals surface area contributed by atoms with Gasteiger partial charge in [-0.05, 0) is 12.0 Å². The fraction of sp³-hybridized carbons (Fsp3) is 0.333. The Morgan fingerprint density at radius 1 is 1.32 bits per heavy atom. The molecule has 4 heteroatoms. The molecule has 0 saturated carbocycles. The van der Waals surface area contributed by atoms with Gasteiger partial charge in [-0.25, -0.2) is 4.98 Å². The van der Waals surface area contributed by atoms with E-state index in [9.17, 15) is 4.79 Å². The van der Waals surface area contributed by atoms with Crippen molar-refractivity contribution in [3.8, 4) is 0 Å². The quantitative estimate of drug-likeness (QED) is 0.915. The third-order valence-electron chi connectivity index (χ3n) is 3.67. The zero-order chi connectivity index (χ0) is 13.1. The van der Waals surface area contributed by atoms with Crippen molar-refractivity contribution in [1.82, 2.24) is 14.9 Å². The molecule has 98 valence electrons. The highest BCUT2D eigenvalue weighted by atomic mass is 16.2. The third-order valence-corrected chi connectivity index (χ3v) is 3.67. The molecule has 1 atom stereocenters. The molecule has 1 saturated heterocycles. The van der Waals surface area contributed by atoms with E-state index in [0.29, 0.717) is 18.9 Å². The molecule has 1 aliphatic heterocycles. The van der Waals surface area contributed by atoms with E-state index in [1.54, 1.807) is 12.4 Å². The number of hydrogen-bond acceptors (Lipinski definition) is 2. The second-order valence-corrected chi connectivity index (χ2v) is 4.96. The van der Waals surface area contributed by atoms with Gasteiger partial charge in [0.15, 0.2) is 0 Å². The number of aromatic nitrogens is 2. The molecule has 0 radical (unpaired) electrons. The van der Waals surface area contributed by atoms with Crippen LogP contribution in [0, 0.1) is 0 Å². The van der Waals surface area contributed by atoms with Crippen LogP contribution in [-0.4, -0.2) is 27.3 Å². The topological polar surface area (TPSA) is 49.0 Å². The maximum atomic E-state index is 12.0. The highest BCUT2D eigenvalue weighted by Gasteiger charge is 2.26. The molecule has 0 spiro atoms. The Morgan fingerprint density at radius 3 is 2.89 bits per heavy atom. The first-order valence-electron chi connectivity index (χ1n) is 6.64. The fourth-order valence-corrected chi connectivity index (χ4v) is 2.63. The summed E-state index contributed by atoms with van der Waals surface area (Å²) in [4.78, 5) is 21.1. The van der Waals surface area contributed by atoms with Crippen LogP contribution in [0.1, 0.15) is 30.1 Å². The van der Waals surface area contributed by atoms with Crippen LogP contribution in [0.5, 0.6) is 0 Å². The van der Waals surface area contributed by atoms with Crippen LogP contribution in [0.15, 0.2) is 42.7 Å². The van der Waals surface area contributed by atoms with Crippen molar-refractivity contribution in [1.29, 1.82) is 0 Å². The first-order chi connectivity index (χ1) is 9.33. The van der Waals surface area contributed by atoms with Crippen LogP contribution in [0.25, 0.3) is 0 Å². The number of likely N-dealkylation sites (tertiary alicyclic amines) is 1. The van der Waals surface area contributed by atoms with Crippen molar-refractivity contribution in [3.05, 3.63) is 54.1 Å². The largest absolute Gasteiger partial charge is 0.347 e. The highest BCUT2D eigenvalue weighted by molar-refractivity contribution is 5.77. The SMILES string of the molecule is O=C1CCC(c2ccccc2)CN1Cc1ncc[nH]1. The Kier molecular flexibility index (Phi) is 3.31. The minimum absolute atomic E-state index is 0.226. The second kappa shape index (κ2) is 5.26. The van der Waals surface area contributed by atoms with Crippen LogP contribution in [0.4, 0.5) is 0 Å². The maximum absolute atomic E-state index is 12.0. The maximum Gasteiger partial charge on any atom is 0.223 e. The molecule has 4 nitrogen and oxygen atoms in total. The van der Waals surface area contributed by atoms with Crippen molar-refractivity contribution in [2.75, 3.05) is 6.54 Å². The normalized spacial score (nSPS) is 19.7. The number of carbonyl (C=O) groups excluding carboxylic acids is 1. The van der Waals surface area contributed by atoms with E-state index >= 15 is 0 Å². The number of aromatic amines is 1. The van der Waals surface area contributed by atoms with Crippen molar-refractivity contribution in [3.63, 3.8) is 0 Å². The Hall–Kier alpha value is -2.10. The molecular weight excluding hydrogens is 238 g/mol. The summed E-state index contributed by atoms with van der Waals surface area (Å²) in [5, 5.41) is 0. The van der Waals surface area contributed by atoms with Crippen molar-refractivity contribution in [2.45, 2.75) is 25.3 Å². The standard InChI is InChI=1S/C15H17N3O/c19-15-7-6-13(12-4-2-1-3-5-12)10-18(15)11-14-16-8-9-17-14/h1-5,8-9,13H,6-7,10-11H2,(H,16,17). The number of benzene rings is 1. The lowest BCUT2D eigenvalue weighted by Gasteiger charge is -2.32. The molecule has 2 heterocycles. The van der Waals surface area contributed by atoms with E-state index in [-0.39, 0.29) is 5.91 Å². The number of rotatable bonds is 3. The van der Waals surface area contributed by atoms with E-state index in [0.717, 1.165) is 18.8 Å². The van der Waals surface area contributed by atoms with Crippen LogP contribution < -0.4 is 0 Å². The van der Waals surface area contributed by atoms with Crippen molar-refractivity contribution >= 4 is 5.91 Å². The van der Waals surface area contributed by atoms with Gasteiger partial charge < -0.3 is 9.88 Å². The molecule has 2 aromatic rings. The molecule has 0 aliphatic carbocycles. The third kappa shape index (κ3) is 2.67. The van der Waals surface area contributed by atoms with Crippen molar-refractivity contribution < 1.29 is 4.79 Å². The van der Waals surface area contributed by atoms with E-state index in [4.69, 9.17) is 0 Å². The summed E-state index contributed by atoms with van der Waals surface area (Å²) >= 11 is 0. The molecule has 1 fully saturated rings. The summed E-state index contributed by atoms with van der Waals surface area (Å²) in [7, 11) is 0. The zero-order valence-corrected chi connectivity index (χ0v) is 10.7. The number of nitrogens with one attached hydrogen (secondary N) is 1. The van der Waals surface area contributed by atoms with Crippen molar-refractivity contribution in [2.24, 2.45) is 0 Å². The van der Waals surface area contributed by atoms with Crippen LogP contribution in [-0.2, 0) is 11.3 Å². The summed E-state index contributed by atoms with van der Waals surface area (Å²) < 4.78 is 0. The molecule has 1 N–H and O–H groups in total. The zero-order valence-electron chi connectivity index (χ0n) is 10.7. The molecule has 1 amide bonds. The van der Waals surface area contributed by atoms with Gasteiger partial charge in [-0.1, -0.05) is 30.3 Å². The summed E-state index contributed by atoms with van der Waals surface area (Å²) in [6.07, 6.45) is 5.08. The van der Waals surface area contributed by atoms with E-state index in [1.165, 1.54) is 5.56 Å². The number of imidazole rings is 1. The Morgan fingerprint density at radius 2 is 2.16 bits per heavy atom. The average Bonchev–Trinajstić information content (AvgIpc) is 2.95. The number of carbonyl (C=O) groups is 1. The molecule has 0 bridgehead atoms. The minimum Gasteiger partial charge on any atom is -0.347 e. The van der Waals surface area contributed by atoms with Gasteiger partial charge in [0.05, 0.1) is 6.54 Å². The first-order valence-corrected chi connectivity index (χ1v) is 6.64. The predicted octanol–water partition coefficient (Wildman–Crippen LogP) is 2.32. The van der Waals surface area contributed by atoms with E-state index in [1.807, 2.05) is 11.0 Å². The van der Waals surface area contributed by atoms with Gasteiger partial charge in [0.1, 0.15) is 5.82 Å². The van der Waals surface area contributed by atoms with Gasteiger partial charge in [0.25, 0.3) is 0 Å². The lowest BCUT2D eigenvalue weighted by atomic mass is 9.90. The molecular formula is C15H17N3O. The molecule has 1 aromatic carbocycles. The number of amides is 1. The first kappa shape index (κ1) is 12.0. The van der Waals surface area contributed by atoms with Crippen LogP contribution in [0.2, 0.25) is 0 Å². The average molecular weight is 255 g/mol. The number of nitrogens with zero attached hydrogens (tertiary/aromatic N) is 2. The lowest BCUT2D eigenvalue weighted by molar-refractivity contribution is -0.134. The monoisotopic (exact) mass is 255 g/mol. The summed E-state index contributed by atoms with van der Waals surface area (Å²) in [5.41, 5.74) is 1.32. The molecule has 19 heavy (non-hydrogen) atoms. The van der Waals surface area contributed by atoms with Gasteiger partial charge in [-0.15, -0.1) is 0 Å². The van der Waals surface area contributed by atoms with Gasteiger partial charge in [-0.2, -0.15) is 0 Å².